The molecule has 4 aromatic rings. The maximum absolute atomic E-state index is 12.8. The summed E-state index contributed by atoms with van der Waals surface area (Å²) in [7, 11) is 0. The van der Waals surface area contributed by atoms with Gasteiger partial charge in [0.15, 0.2) is 0 Å². The van der Waals surface area contributed by atoms with E-state index in [1.165, 1.54) is 6.92 Å². The molecule has 0 saturated carbocycles. The van der Waals surface area contributed by atoms with Crippen LogP contribution in [0.1, 0.15) is 29.5 Å². The fourth-order valence-corrected chi connectivity index (χ4v) is 4.89. The molecule has 0 saturated heterocycles. The summed E-state index contributed by atoms with van der Waals surface area (Å²) in [4.78, 5) is 24.9. The van der Waals surface area contributed by atoms with E-state index in [4.69, 9.17) is 4.74 Å². The van der Waals surface area contributed by atoms with Gasteiger partial charge >= 0.3 is 12.1 Å². The Morgan fingerprint density at radius 3 is 1.89 bits per heavy atom. The summed E-state index contributed by atoms with van der Waals surface area (Å²) in [5.41, 5.74) is 5.89. The average Bonchev–Trinajstić information content (AvgIpc) is 3.22. The number of carboxylic acids is 1. The van der Waals surface area contributed by atoms with Crippen molar-refractivity contribution in [3.8, 4) is 22.3 Å². The van der Waals surface area contributed by atoms with Gasteiger partial charge in [-0.1, -0.05) is 103 Å². The van der Waals surface area contributed by atoms with Crippen LogP contribution >= 0.6 is 0 Å². The quantitative estimate of drug-likeness (QED) is 0.329. The lowest BCUT2D eigenvalue weighted by molar-refractivity contribution is -0.143. The van der Waals surface area contributed by atoms with Gasteiger partial charge in [0.05, 0.1) is 0 Å². The van der Waals surface area contributed by atoms with Gasteiger partial charge in [0.1, 0.15) is 12.1 Å². The largest absolute Gasteiger partial charge is 0.480 e. The standard InChI is InChI=1S/C31H27NO4/c1-31(29(33)34,19-21-15-17-23(18-16-21)22-9-3-2-4-10-22)32-30(35)36-20-28-26-13-7-5-11-24(26)25-12-6-8-14-27(25)28/h2-18,28H,19-20H2,1H3,(H,32,35)(H,33,34)/t31-/m1/s1. The predicted molar refractivity (Wildman–Crippen MR) is 140 cm³/mol. The number of carbonyl (C=O) groups is 2. The highest BCUT2D eigenvalue weighted by atomic mass is 16.5. The highest BCUT2D eigenvalue weighted by molar-refractivity contribution is 5.84. The molecule has 0 radical (unpaired) electrons. The summed E-state index contributed by atoms with van der Waals surface area (Å²) < 4.78 is 5.59. The second kappa shape index (κ2) is 9.70. The van der Waals surface area contributed by atoms with Crippen molar-refractivity contribution in [2.45, 2.75) is 24.8 Å². The Morgan fingerprint density at radius 2 is 1.31 bits per heavy atom. The molecule has 5 nitrogen and oxygen atoms in total. The van der Waals surface area contributed by atoms with Crippen LogP contribution in [0.15, 0.2) is 103 Å². The Kier molecular flexibility index (Phi) is 6.30. The van der Waals surface area contributed by atoms with Crippen LogP contribution < -0.4 is 5.32 Å². The summed E-state index contributed by atoms with van der Waals surface area (Å²) in [5.74, 6) is -1.21. The van der Waals surface area contributed by atoms with Crippen molar-refractivity contribution >= 4 is 12.1 Å². The first-order valence-corrected chi connectivity index (χ1v) is 12.0. The maximum Gasteiger partial charge on any atom is 0.408 e. The van der Waals surface area contributed by atoms with Crippen molar-refractivity contribution in [2.75, 3.05) is 6.61 Å². The Morgan fingerprint density at radius 1 is 0.778 bits per heavy atom. The fourth-order valence-electron chi connectivity index (χ4n) is 4.89. The third kappa shape index (κ3) is 4.60. The van der Waals surface area contributed by atoms with Gasteiger partial charge < -0.3 is 15.2 Å². The third-order valence-corrected chi connectivity index (χ3v) is 6.81. The lowest BCUT2D eigenvalue weighted by Gasteiger charge is -2.26. The fraction of sp³-hybridized carbons (Fsp3) is 0.161. The molecule has 1 amide bonds. The number of amides is 1. The number of carbonyl (C=O) groups excluding carboxylic acids is 1. The van der Waals surface area contributed by atoms with Crippen molar-refractivity contribution in [1.29, 1.82) is 0 Å². The summed E-state index contributed by atoms with van der Waals surface area (Å²) in [6, 6.07) is 33.8. The molecule has 36 heavy (non-hydrogen) atoms. The van der Waals surface area contributed by atoms with E-state index in [1.54, 1.807) is 0 Å². The molecule has 1 aliphatic rings. The SMILES string of the molecule is C[C@](Cc1ccc(-c2ccccc2)cc1)(NC(=O)OCC1c2ccccc2-c2ccccc21)C(=O)O. The Hall–Kier alpha value is -4.38. The number of benzene rings is 4. The van der Waals surface area contributed by atoms with Gasteiger partial charge in [-0.2, -0.15) is 0 Å². The number of aliphatic carboxylic acids is 1. The topological polar surface area (TPSA) is 75.6 Å². The molecule has 0 unspecified atom stereocenters. The molecule has 0 aliphatic heterocycles. The molecule has 5 rings (SSSR count). The van der Waals surface area contributed by atoms with Crippen LogP contribution in [-0.2, 0) is 16.0 Å². The van der Waals surface area contributed by atoms with E-state index in [0.717, 1.165) is 38.9 Å². The molecular weight excluding hydrogens is 450 g/mol. The summed E-state index contributed by atoms with van der Waals surface area (Å²) in [5, 5.41) is 12.5. The second-order valence-electron chi connectivity index (χ2n) is 9.33. The van der Waals surface area contributed by atoms with Crippen LogP contribution in [-0.4, -0.2) is 29.3 Å². The molecule has 180 valence electrons. The van der Waals surface area contributed by atoms with Gasteiger partial charge in [0, 0.05) is 12.3 Å². The normalized spacial score (nSPS) is 13.8. The third-order valence-electron chi connectivity index (χ3n) is 6.81. The predicted octanol–water partition coefficient (Wildman–Crippen LogP) is 6.28. The van der Waals surface area contributed by atoms with Gasteiger partial charge in [-0.15, -0.1) is 0 Å². The molecule has 4 aromatic carbocycles. The van der Waals surface area contributed by atoms with E-state index >= 15 is 0 Å². The molecular formula is C31H27NO4. The van der Waals surface area contributed by atoms with E-state index in [0.29, 0.717) is 0 Å². The summed E-state index contributed by atoms with van der Waals surface area (Å²) in [6.45, 7) is 1.63. The van der Waals surface area contributed by atoms with E-state index in [9.17, 15) is 14.7 Å². The van der Waals surface area contributed by atoms with Crippen molar-refractivity contribution in [3.63, 3.8) is 0 Å². The van der Waals surface area contributed by atoms with Crippen molar-refractivity contribution in [3.05, 3.63) is 120 Å². The van der Waals surface area contributed by atoms with Crippen molar-refractivity contribution in [2.24, 2.45) is 0 Å². The highest BCUT2D eigenvalue weighted by Crippen LogP contribution is 2.44. The first-order chi connectivity index (χ1) is 17.4. The number of nitrogens with one attached hydrogen (secondary N) is 1. The van der Waals surface area contributed by atoms with Crippen LogP contribution in [0, 0.1) is 0 Å². The second-order valence-corrected chi connectivity index (χ2v) is 9.33. The summed E-state index contributed by atoms with van der Waals surface area (Å²) in [6.07, 6.45) is -0.621. The first-order valence-electron chi connectivity index (χ1n) is 12.0. The molecule has 1 atom stereocenters. The molecule has 0 spiro atoms. The van der Waals surface area contributed by atoms with E-state index in [2.05, 4.69) is 17.4 Å². The first kappa shape index (κ1) is 23.4. The smallest absolute Gasteiger partial charge is 0.408 e. The number of hydrogen-bond donors (Lipinski definition) is 2. The number of ether oxygens (including phenoxy) is 1. The zero-order valence-electron chi connectivity index (χ0n) is 20.0. The van der Waals surface area contributed by atoms with E-state index < -0.39 is 17.6 Å². The lowest BCUT2D eigenvalue weighted by Crippen LogP contribution is -2.54. The van der Waals surface area contributed by atoms with Crippen LogP contribution in [0.2, 0.25) is 0 Å². The molecule has 5 heteroatoms. The van der Waals surface area contributed by atoms with Crippen LogP contribution in [0.4, 0.5) is 4.79 Å². The molecule has 2 N–H and O–H groups in total. The molecule has 0 fully saturated rings. The Labute approximate surface area is 210 Å². The monoisotopic (exact) mass is 477 g/mol. The highest BCUT2D eigenvalue weighted by Gasteiger charge is 2.36. The van der Waals surface area contributed by atoms with E-state index in [-0.39, 0.29) is 18.9 Å². The molecule has 1 aliphatic carbocycles. The number of carboxylic acid groups (broad SMARTS) is 1. The Bertz CT molecular complexity index is 1350. The van der Waals surface area contributed by atoms with Crippen molar-refractivity contribution in [1.82, 2.24) is 5.32 Å². The van der Waals surface area contributed by atoms with E-state index in [1.807, 2.05) is 91.0 Å². The van der Waals surface area contributed by atoms with Gasteiger partial charge in [-0.05, 0) is 45.9 Å². The zero-order chi connectivity index (χ0) is 25.1. The Balaban J connectivity index is 1.27. The lowest BCUT2D eigenvalue weighted by atomic mass is 9.92. The minimum Gasteiger partial charge on any atom is -0.480 e. The minimum atomic E-state index is -1.52. The molecule has 0 heterocycles. The molecule has 0 bridgehead atoms. The summed E-state index contributed by atoms with van der Waals surface area (Å²) >= 11 is 0. The zero-order valence-corrected chi connectivity index (χ0v) is 20.0. The van der Waals surface area contributed by atoms with Gasteiger partial charge in [0.25, 0.3) is 0 Å². The minimum absolute atomic E-state index is 0.0928. The number of alkyl carbamates (subject to hydrolysis) is 1. The maximum atomic E-state index is 12.8. The van der Waals surface area contributed by atoms with Crippen LogP contribution in [0.3, 0.4) is 0 Å². The van der Waals surface area contributed by atoms with Crippen LogP contribution in [0.5, 0.6) is 0 Å². The molecule has 0 aromatic heterocycles. The number of hydrogen-bond acceptors (Lipinski definition) is 3. The average molecular weight is 478 g/mol. The van der Waals surface area contributed by atoms with Gasteiger partial charge in [-0.3, -0.25) is 0 Å². The van der Waals surface area contributed by atoms with Gasteiger partial charge in [-0.25, -0.2) is 9.59 Å². The van der Waals surface area contributed by atoms with Crippen LogP contribution in [0.25, 0.3) is 22.3 Å². The van der Waals surface area contributed by atoms with Crippen molar-refractivity contribution < 1.29 is 19.4 Å². The number of rotatable bonds is 7. The number of fused-ring (bicyclic) bond motifs is 3. The van der Waals surface area contributed by atoms with Gasteiger partial charge in [0.2, 0.25) is 0 Å².